The number of thiazole rings is 1. The predicted molar refractivity (Wildman–Crippen MR) is 90.7 cm³/mol. The maximum absolute atomic E-state index is 13.0. The largest absolute Gasteiger partial charge is 0.462 e. The molecule has 0 bridgehead atoms. The average molecular weight is 342 g/mol. The zero-order valence-corrected chi connectivity index (χ0v) is 14.0. The summed E-state index contributed by atoms with van der Waals surface area (Å²) in [5.41, 5.74) is 0. The van der Waals surface area contributed by atoms with E-state index in [2.05, 4.69) is 10.1 Å². The third kappa shape index (κ3) is 2.99. The van der Waals surface area contributed by atoms with Gasteiger partial charge in [-0.15, -0.1) is 11.3 Å². The van der Waals surface area contributed by atoms with Gasteiger partial charge >= 0.3 is 0 Å². The van der Waals surface area contributed by atoms with Crippen molar-refractivity contribution in [2.24, 2.45) is 0 Å². The van der Waals surface area contributed by atoms with Gasteiger partial charge in [0.15, 0.2) is 10.8 Å². The van der Waals surface area contributed by atoms with Crippen LogP contribution >= 0.6 is 11.3 Å². The first kappa shape index (κ1) is 15.1. The lowest BCUT2D eigenvalue weighted by molar-refractivity contribution is 0.0588. The Morgan fingerprint density at radius 1 is 1.38 bits per heavy atom. The lowest BCUT2D eigenvalue weighted by atomic mass is 10.0. The van der Waals surface area contributed by atoms with E-state index in [1.54, 1.807) is 18.7 Å². The van der Waals surface area contributed by atoms with Crippen LogP contribution < -0.4 is 0 Å². The average Bonchev–Trinajstić information content (AvgIpc) is 3.35. The molecule has 0 aliphatic carbocycles. The molecule has 0 radical (unpaired) electrons. The molecule has 1 amide bonds. The summed E-state index contributed by atoms with van der Waals surface area (Å²) in [5.74, 6) is 0.757. The van der Waals surface area contributed by atoms with Crippen molar-refractivity contribution in [3.8, 4) is 10.8 Å². The van der Waals surface area contributed by atoms with E-state index in [-0.39, 0.29) is 11.9 Å². The number of piperidine rings is 1. The van der Waals surface area contributed by atoms with Gasteiger partial charge in [-0.05, 0) is 37.5 Å². The van der Waals surface area contributed by atoms with Crippen LogP contribution in [0.2, 0.25) is 0 Å². The number of carbonyl (C=O) groups is 1. The van der Waals surface area contributed by atoms with E-state index < -0.39 is 0 Å². The Morgan fingerprint density at radius 3 is 3.12 bits per heavy atom. The highest BCUT2D eigenvalue weighted by molar-refractivity contribution is 7.16. The first-order chi connectivity index (χ1) is 11.8. The molecule has 24 heavy (non-hydrogen) atoms. The van der Waals surface area contributed by atoms with Crippen LogP contribution in [0.3, 0.4) is 0 Å². The lowest BCUT2D eigenvalue weighted by Crippen LogP contribution is -2.45. The summed E-state index contributed by atoms with van der Waals surface area (Å²) in [7, 11) is 0. The zero-order chi connectivity index (χ0) is 16.4. The molecule has 1 aliphatic rings. The molecule has 4 heterocycles. The quantitative estimate of drug-likeness (QED) is 0.730. The summed E-state index contributed by atoms with van der Waals surface area (Å²) in [6, 6.07) is 5.77. The van der Waals surface area contributed by atoms with Gasteiger partial charge < -0.3 is 9.32 Å². The van der Waals surface area contributed by atoms with Gasteiger partial charge in [0.25, 0.3) is 5.91 Å². The highest BCUT2D eigenvalue weighted by Gasteiger charge is 2.29. The van der Waals surface area contributed by atoms with Gasteiger partial charge in [0.05, 0.1) is 25.0 Å². The van der Waals surface area contributed by atoms with Crippen LogP contribution in [0.25, 0.3) is 10.8 Å². The third-order valence-electron chi connectivity index (χ3n) is 4.29. The SMILES string of the molecule is O=C(c1cnc(-c2ccco2)s1)N1CCCC[C@@H]1Cn1cccn1. The number of aromatic nitrogens is 3. The van der Waals surface area contributed by atoms with Crippen LogP contribution in [-0.2, 0) is 6.54 Å². The predicted octanol–water partition coefficient (Wildman–Crippen LogP) is 3.29. The van der Waals surface area contributed by atoms with Crippen molar-refractivity contribution in [1.82, 2.24) is 19.7 Å². The molecular formula is C17H18N4O2S. The second-order valence-electron chi connectivity index (χ2n) is 5.88. The van der Waals surface area contributed by atoms with Crippen molar-refractivity contribution < 1.29 is 9.21 Å². The van der Waals surface area contributed by atoms with Gasteiger partial charge in [0.2, 0.25) is 0 Å². The number of rotatable bonds is 4. The van der Waals surface area contributed by atoms with E-state index in [9.17, 15) is 4.79 Å². The highest BCUT2D eigenvalue weighted by atomic mass is 32.1. The molecule has 3 aromatic heterocycles. The van der Waals surface area contributed by atoms with Gasteiger partial charge in [-0.3, -0.25) is 9.48 Å². The fourth-order valence-electron chi connectivity index (χ4n) is 3.11. The number of amides is 1. The third-order valence-corrected chi connectivity index (χ3v) is 5.29. The summed E-state index contributed by atoms with van der Waals surface area (Å²) in [6.07, 6.45) is 10.2. The Balaban J connectivity index is 1.53. The monoisotopic (exact) mass is 342 g/mol. The van der Waals surface area contributed by atoms with E-state index in [1.807, 2.05) is 34.0 Å². The summed E-state index contributed by atoms with van der Waals surface area (Å²) in [5, 5.41) is 5.01. The number of nitrogens with zero attached hydrogens (tertiary/aromatic N) is 4. The van der Waals surface area contributed by atoms with Crippen LogP contribution in [0.4, 0.5) is 0 Å². The Labute approximate surface area is 143 Å². The standard InChI is InChI=1S/C17H18N4O2S/c22-17(15-11-18-16(24-15)14-6-3-10-23-14)21-9-2-1-5-13(21)12-20-8-4-7-19-20/h3-4,6-8,10-11,13H,1-2,5,9,12H2/t13-/m1/s1. The molecule has 0 unspecified atom stereocenters. The van der Waals surface area contributed by atoms with Gasteiger partial charge in [-0.2, -0.15) is 5.10 Å². The fourth-order valence-corrected chi connectivity index (χ4v) is 3.95. The van der Waals surface area contributed by atoms with Crippen LogP contribution in [0, 0.1) is 0 Å². The minimum atomic E-state index is 0.0576. The highest BCUT2D eigenvalue weighted by Crippen LogP contribution is 2.28. The van der Waals surface area contributed by atoms with Crippen LogP contribution in [0.15, 0.2) is 47.5 Å². The van der Waals surface area contributed by atoms with Crippen molar-refractivity contribution in [3.63, 3.8) is 0 Å². The second-order valence-corrected chi connectivity index (χ2v) is 6.91. The number of carbonyl (C=O) groups excluding carboxylic acids is 1. The van der Waals surface area contributed by atoms with Gasteiger partial charge in [-0.25, -0.2) is 4.98 Å². The first-order valence-corrected chi connectivity index (χ1v) is 8.91. The Kier molecular flexibility index (Phi) is 4.17. The van der Waals surface area contributed by atoms with E-state index in [1.165, 1.54) is 11.3 Å². The van der Waals surface area contributed by atoms with Crippen LogP contribution in [0.1, 0.15) is 28.9 Å². The Morgan fingerprint density at radius 2 is 2.33 bits per heavy atom. The number of likely N-dealkylation sites (tertiary alicyclic amines) is 1. The number of hydrogen-bond donors (Lipinski definition) is 0. The van der Waals surface area contributed by atoms with Crippen molar-refractivity contribution in [2.45, 2.75) is 31.8 Å². The summed E-state index contributed by atoms with van der Waals surface area (Å²) in [6.45, 7) is 1.53. The van der Waals surface area contributed by atoms with E-state index in [0.717, 1.165) is 37.4 Å². The van der Waals surface area contributed by atoms with Gasteiger partial charge in [-0.1, -0.05) is 0 Å². The molecule has 4 rings (SSSR count). The van der Waals surface area contributed by atoms with E-state index >= 15 is 0 Å². The molecule has 0 N–H and O–H groups in total. The maximum atomic E-state index is 13.0. The molecule has 0 aromatic carbocycles. The molecule has 1 aliphatic heterocycles. The first-order valence-electron chi connectivity index (χ1n) is 8.09. The lowest BCUT2D eigenvalue weighted by Gasteiger charge is -2.35. The normalized spacial score (nSPS) is 18.0. The molecule has 124 valence electrons. The minimum absolute atomic E-state index is 0.0576. The van der Waals surface area contributed by atoms with Crippen molar-refractivity contribution in [1.29, 1.82) is 0 Å². The van der Waals surface area contributed by atoms with Crippen molar-refractivity contribution in [3.05, 3.63) is 47.9 Å². The zero-order valence-electron chi connectivity index (χ0n) is 13.2. The summed E-state index contributed by atoms with van der Waals surface area (Å²) < 4.78 is 7.26. The van der Waals surface area contributed by atoms with Crippen molar-refractivity contribution in [2.75, 3.05) is 6.54 Å². The maximum Gasteiger partial charge on any atom is 0.265 e. The fraction of sp³-hybridized carbons (Fsp3) is 0.353. The van der Waals surface area contributed by atoms with Gasteiger partial charge in [0.1, 0.15) is 4.88 Å². The molecule has 1 fully saturated rings. The number of hydrogen-bond acceptors (Lipinski definition) is 5. The molecule has 1 saturated heterocycles. The minimum Gasteiger partial charge on any atom is -0.462 e. The van der Waals surface area contributed by atoms with E-state index in [0.29, 0.717) is 10.6 Å². The Bertz CT molecular complexity index is 795. The second kappa shape index (κ2) is 6.60. The van der Waals surface area contributed by atoms with E-state index in [4.69, 9.17) is 4.42 Å². The smallest absolute Gasteiger partial charge is 0.265 e. The van der Waals surface area contributed by atoms with Gasteiger partial charge in [0, 0.05) is 18.9 Å². The summed E-state index contributed by atoms with van der Waals surface area (Å²) in [4.78, 5) is 19.9. The molecular weight excluding hydrogens is 324 g/mol. The Hall–Kier alpha value is -2.41. The molecule has 3 aromatic rings. The van der Waals surface area contributed by atoms with Crippen LogP contribution in [0.5, 0.6) is 0 Å². The molecule has 0 saturated carbocycles. The molecule has 7 heteroatoms. The van der Waals surface area contributed by atoms with Crippen LogP contribution in [-0.4, -0.2) is 38.2 Å². The number of furan rings is 1. The molecule has 6 nitrogen and oxygen atoms in total. The molecule has 1 atom stereocenters. The van der Waals surface area contributed by atoms with Crippen molar-refractivity contribution >= 4 is 17.2 Å². The molecule has 0 spiro atoms. The summed E-state index contributed by atoms with van der Waals surface area (Å²) >= 11 is 1.38. The topological polar surface area (TPSA) is 64.2 Å².